The molecule has 0 amide bonds. The van der Waals surface area contributed by atoms with E-state index in [2.05, 4.69) is 17.6 Å². The minimum absolute atomic E-state index is 0.278. The number of hydrogen-bond donors (Lipinski definition) is 2. The van der Waals surface area contributed by atoms with Crippen molar-refractivity contribution in [2.24, 2.45) is 10.7 Å². The second-order valence-corrected chi connectivity index (χ2v) is 2.28. The van der Waals surface area contributed by atoms with Crippen LogP contribution in [0.5, 0.6) is 0 Å². The summed E-state index contributed by atoms with van der Waals surface area (Å²) in [5, 5.41) is 7.60. The average Bonchev–Trinajstić information content (AvgIpc) is 2.14. The van der Waals surface area contributed by atoms with Crippen LogP contribution in [-0.4, -0.2) is 30.2 Å². The average molecular weight is 188 g/mol. The van der Waals surface area contributed by atoms with Gasteiger partial charge in [-0.15, -0.1) is 0 Å². The minimum Gasteiger partial charge on any atom is -0.480 e. The third-order valence-electron chi connectivity index (χ3n) is 1.11. The molecule has 13 heavy (non-hydrogen) atoms. The van der Waals surface area contributed by atoms with Gasteiger partial charge in [0.15, 0.2) is 0 Å². The molecule has 5 heteroatoms. The first-order chi connectivity index (χ1) is 6.18. The van der Waals surface area contributed by atoms with Crippen LogP contribution in [0.15, 0.2) is 4.99 Å². The monoisotopic (exact) mass is 188 g/mol. The van der Waals surface area contributed by atoms with Crippen LogP contribution in [0.25, 0.3) is 0 Å². The van der Waals surface area contributed by atoms with Crippen molar-refractivity contribution in [3.05, 3.63) is 0 Å². The Morgan fingerprint density at radius 3 is 2.38 bits per heavy atom. The van der Waals surface area contributed by atoms with Gasteiger partial charge in [-0.2, -0.15) is 0 Å². The van der Waals surface area contributed by atoms with Gasteiger partial charge in [0.25, 0.3) is 0 Å². The van der Waals surface area contributed by atoms with Gasteiger partial charge in [-0.05, 0) is 6.42 Å². The molecule has 0 fully saturated rings. The van der Waals surface area contributed by atoms with Crippen LogP contribution in [0.2, 0.25) is 0 Å². The van der Waals surface area contributed by atoms with E-state index in [1.165, 1.54) is 12.5 Å². The Balaban J connectivity index is 0. The Kier molecular flexibility index (Phi) is 14.8. The Labute approximate surface area is 77.7 Å². The van der Waals surface area contributed by atoms with Gasteiger partial charge in [0.2, 0.25) is 6.08 Å². The van der Waals surface area contributed by atoms with E-state index in [9.17, 15) is 9.59 Å². The lowest BCUT2D eigenvalue weighted by Gasteiger charge is -1.86. The highest BCUT2D eigenvalue weighted by Crippen LogP contribution is 1.91. The lowest BCUT2D eigenvalue weighted by atomic mass is 10.3. The standard InChI is InChI=1S/C6H11NO.C2H5NO2/c1-2-3-4-5-7-6-8;3-1-2(4)5/h2-5H2,1H3;1,3H2,(H,4,5). The SMILES string of the molecule is CCCCCN=C=O.NCC(=O)O. The highest BCUT2D eigenvalue weighted by Gasteiger charge is 1.81. The lowest BCUT2D eigenvalue weighted by molar-refractivity contribution is -0.135. The number of carboxylic acids is 1. The van der Waals surface area contributed by atoms with Gasteiger partial charge >= 0.3 is 5.97 Å². The first-order valence-corrected chi connectivity index (χ1v) is 4.14. The molecule has 0 aliphatic rings. The molecule has 0 spiro atoms. The molecule has 0 saturated heterocycles. The topological polar surface area (TPSA) is 92.8 Å². The fourth-order valence-corrected chi connectivity index (χ4v) is 0.487. The van der Waals surface area contributed by atoms with Crippen molar-refractivity contribution in [3.63, 3.8) is 0 Å². The summed E-state index contributed by atoms with van der Waals surface area (Å²) in [6, 6.07) is 0. The lowest BCUT2D eigenvalue weighted by Crippen LogP contribution is -2.10. The van der Waals surface area contributed by atoms with E-state index in [1.54, 1.807) is 0 Å². The number of carbonyl (C=O) groups excluding carboxylic acids is 1. The van der Waals surface area contributed by atoms with E-state index in [4.69, 9.17) is 5.11 Å². The molecule has 0 aliphatic heterocycles. The number of nitrogens with zero attached hydrogens (tertiary/aromatic N) is 1. The molecule has 0 saturated carbocycles. The maximum atomic E-state index is 9.48. The van der Waals surface area contributed by atoms with Crippen LogP contribution in [0.3, 0.4) is 0 Å². The van der Waals surface area contributed by atoms with E-state index >= 15 is 0 Å². The van der Waals surface area contributed by atoms with Crippen molar-refractivity contribution in [2.75, 3.05) is 13.1 Å². The van der Waals surface area contributed by atoms with Crippen LogP contribution in [-0.2, 0) is 9.59 Å². The Morgan fingerprint density at radius 1 is 1.54 bits per heavy atom. The van der Waals surface area contributed by atoms with Gasteiger partial charge in [0.05, 0.1) is 13.1 Å². The van der Waals surface area contributed by atoms with Gasteiger partial charge in [-0.3, -0.25) is 4.79 Å². The molecule has 5 nitrogen and oxygen atoms in total. The molecular weight excluding hydrogens is 172 g/mol. The van der Waals surface area contributed by atoms with E-state index in [-0.39, 0.29) is 6.54 Å². The summed E-state index contributed by atoms with van der Waals surface area (Å²) in [5.41, 5.74) is 4.57. The second kappa shape index (κ2) is 13.4. The number of aliphatic carboxylic acids is 1. The van der Waals surface area contributed by atoms with E-state index in [0.29, 0.717) is 6.54 Å². The summed E-state index contributed by atoms with van der Waals surface area (Å²) in [6.07, 6.45) is 4.85. The smallest absolute Gasteiger partial charge is 0.317 e. The molecule has 76 valence electrons. The Morgan fingerprint density at radius 2 is 2.08 bits per heavy atom. The normalized spacial score (nSPS) is 7.85. The predicted molar refractivity (Wildman–Crippen MR) is 49.2 cm³/mol. The van der Waals surface area contributed by atoms with Crippen LogP contribution in [0.4, 0.5) is 0 Å². The molecule has 0 aliphatic carbocycles. The summed E-state index contributed by atoms with van der Waals surface area (Å²) >= 11 is 0. The highest BCUT2D eigenvalue weighted by atomic mass is 16.4. The largest absolute Gasteiger partial charge is 0.480 e. The first kappa shape index (κ1) is 14.3. The second-order valence-electron chi connectivity index (χ2n) is 2.28. The molecule has 0 heterocycles. The van der Waals surface area contributed by atoms with Crippen LogP contribution >= 0.6 is 0 Å². The number of carbonyl (C=O) groups is 1. The van der Waals surface area contributed by atoms with Crippen molar-refractivity contribution in [1.82, 2.24) is 0 Å². The summed E-state index contributed by atoms with van der Waals surface area (Å²) in [7, 11) is 0. The first-order valence-electron chi connectivity index (χ1n) is 4.14. The van der Waals surface area contributed by atoms with Crippen molar-refractivity contribution in [3.8, 4) is 0 Å². The van der Waals surface area contributed by atoms with E-state index < -0.39 is 5.97 Å². The van der Waals surface area contributed by atoms with Crippen LogP contribution in [0, 0.1) is 0 Å². The Bertz CT molecular complexity index is 165. The Hall–Kier alpha value is -1.19. The number of nitrogens with two attached hydrogens (primary N) is 1. The minimum atomic E-state index is -0.968. The van der Waals surface area contributed by atoms with Gasteiger partial charge in [-0.25, -0.2) is 9.79 Å². The molecule has 3 N–H and O–H groups in total. The molecule has 0 unspecified atom stereocenters. The zero-order valence-corrected chi connectivity index (χ0v) is 7.82. The molecule has 0 radical (unpaired) electrons. The van der Waals surface area contributed by atoms with Gasteiger partial charge < -0.3 is 10.8 Å². The number of aliphatic imine (C=N–C) groups is 1. The maximum absolute atomic E-state index is 9.48. The van der Waals surface area contributed by atoms with Crippen molar-refractivity contribution < 1.29 is 14.7 Å². The molecule has 0 bridgehead atoms. The summed E-state index contributed by atoms with van der Waals surface area (Å²) < 4.78 is 0. The number of carboxylic acid groups (broad SMARTS) is 1. The van der Waals surface area contributed by atoms with Crippen molar-refractivity contribution in [2.45, 2.75) is 26.2 Å². The molecule has 0 atom stereocenters. The summed E-state index contributed by atoms with van der Waals surface area (Å²) in [6.45, 7) is 2.49. The number of hydrogen-bond acceptors (Lipinski definition) is 4. The number of rotatable bonds is 5. The number of unbranched alkanes of at least 4 members (excludes halogenated alkanes) is 2. The highest BCUT2D eigenvalue weighted by molar-refractivity contribution is 5.68. The zero-order valence-electron chi connectivity index (χ0n) is 7.82. The fraction of sp³-hybridized carbons (Fsp3) is 0.750. The fourth-order valence-electron chi connectivity index (χ4n) is 0.487. The summed E-state index contributed by atoms with van der Waals surface area (Å²) in [5.74, 6) is -0.968. The number of isocyanates is 1. The van der Waals surface area contributed by atoms with Gasteiger partial charge in [0.1, 0.15) is 0 Å². The maximum Gasteiger partial charge on any atom is 0.317 e. The molecule has 0 aromatic heterocycles. The van der Waals surface area contributed by atoms with Gasteiger partial charge in [-0.1, -0.05) is 19.8 Å². The van der Waals surface area contributed by atoms with Crippen molar-refractivity contribution >= 4 is 12.0 Å². The molecule has 0 rings (SSSR count). The third-order valence-corrected chi connectivity index (χ3v) is 1.11. The quantitative estimate of drug-likeness (QED) is 0.374. The van der Waals surface area contributed by atoms with E-state index in [0.717, 1.165) is 12.8 Å². The predicted octanol–water partition coefficient (Wildman–Crippen LogP) is 0.542. The van der Waals surface area contributed by atoms with Gasteiger partial charge in [0, 0.05) is 0 Å². The third kappa shape index (κ3) is 24.9. The molecular formula is C8H16N2O3. The molecule has 0 aromatic rings. The zero-order chi connectivity index (χ0) is 10.5. The van der Waals surface area contributed by atoms with Crippen molar-refractivity contribution in [1.29, 1.82) is 0 Å². The van der Waals surface area contributed by atoms with Crippen LogP contribution in [0.1, 0.15) is 26.2 Å². The van der Waals surface area contributed by atoms with Crippen LogP contribution < -0.4 is 5.73 Å². The van der Waals surface area contributed by atoms with E-state index in [1.807, 2.05) is 0 Å². The molecule has 0 aromatic carbocycles. The summed E-state index contributed by atoms with van der Waals surface area (Å²) in [4.78, 5) is 22.1.